The van der Waals surface area contributed by atoms with E-state index in [9.17, 15) is 0 Å². The van der Waals surface area contributed by atoms with Crippen molar-refractivity contribution in [3.63, 3.8) is 0 Å². The molecule has 0 radical (unpaired) electrons. The van der Waals surface area contributed by atoms with Gasteiger partial charge in [-0.05, 0) is 18.0 Å². The predicted molar refractivity (Wildman–Crippen MR) is 48.7 cm³/mol. The second kappa shape index (κ2) is 2.89. The smallest absolute Gasteiger partial charge is 0.0556 e. The zero-order valence-electron chi connectivity index (χ0n) is 7.26. The fourth-order valence-corrected chi connectivity index (χ4v) is 0.807. The Hall–Kier alpha value is -1.07. The Kier molecular flexibility index (Phi) is 2.11. The third kappa shape index (κ3) is 2.21. The zero-order chi connectivity index (χ0) is 8.32. The highest BCUT2D eigenvalue weighted by Gasteiger charge is 2.15. The van der Waals surface area contributed by atoms with E-state index in [-0.39, 0.29) is 5.41 Å². The van der Waals surface area contributed by atoms with Gasteiger partial charge in [0.25, 0.3) is 0 Å². The molecule has 1 heteroatoms. The lowest BCUT2D eigenvalue weighted by molar-refractivity contribution is 0.499. The molecule has 58 valence electrons. The Morgan fingerprint density at radius 2 is 2.00 bits per heavy atom. The maximum atomic E-state index is 4.19. The summed E-state index contributed by atoms with van der Waals surface area (Å²) in [5.41, 5.74) is 1.19. The fourth-order valence-electron chi connectivity index (χ4n) is 0.807. The molecule has 0 bridgehead atoms. The highest BCUT2D eigenvalue weighted by Crippen LogP contribution is 2.25. The molecule has 0 aliphatic carbocycles. The molecule has 0 saturated carbocycles. The van der Waals surface area contributed by atoms with Crippen LogP contribution in [0.1, 0.15) is 20.8 Å². The van der Waals surface area contributed by atoms with Gasteiger partial charge in [0.15, 0.2) is 0 Å². The molecule has 0 N–H and O–H groups in total. The van der Waals surface area contributed by atoms with E-state index in [4.69, 9.17) is 0 Å². The molecular formula is C10H13N. The summed E-state index contributed by atoms with van der Waals surface area (Å²) >= 11 is 0. The molecular weight excluding hydrogens is 134 g/mol. The molecule has 0 saturated heterocycles. The van der Waals surface area contributed by atoms with Crippen LogP contribution in [-0.4, -0.2) is 5.87 Å². The van der Waals surface area contributed by atoms with Crippen LogP contribution in [0, 0.1) is 5.41 Å². The van der Waals surface area contributed by atoms with E-state index >= 15 is 0 Å². The first kappa shape index (κ1) is 8.03. The SMILES string of the molecule is CC(C)(C)C1=CC=CC=C=N1. The van der Waals surface area contributed by atoms with Crippen LogP contribution < -0.4 is 0 Å². The Balaban J connectivity index is 2.97. The first-order chi connectivity index (χ1) is 5.11. The maximum Gasteiger partial charge on any atom is 0.0556 e. The molecule has 11 heavy (non-hydrogen) atoms. The Morgan fingerprint density at radius 3 is 2.64 bits per heavy atom. The van der Waals surface area contributed by atoms with Crippen LogP contribution in [0.3, 0.4) is 0 Å². The molecule has 0 fully saturated rings. The molecule has 0 unspecified atom stereocenters. The molecule has 1 rings (SSSR count). The second-order valence-electron chi connectivity index (χ2n) is 3.59. The van der Waals surface area contributed by atoms with Crippen LogP contribution >= 0.6 is 0 Å². The molecule has 1 aliphatic rings. The van der Waals surface area contributed by atoms with Crippen LogP contribution in [0.2, 0.25) is 0 Å². The monoisotopic (exact) mass is 147 g/mol. The molecule has 1 aliphatic heterocycles. The van der Waals surface area contributed by atoms with Crippen molar-refractivity contribution >= 4 is 5.87 Å². The summed E-state index contributed by atoms with van der Waals surface area (Å²) in [7, 11) is 0. The first-order valence-electron chi connectivity index (χ1n) is 3.77. The summed E-state index contributed by atoms with van der Waals surface area (Å²) in [6.07, 6.45) is 7.76. The normalized spacial score (nSPS) is 16.5. The standard InChI is InChI=1S/C10H13N/c1-10(2,3)9-7-5-4-6-8-11-9/h4-7H,1-3H3. The highest BCUT2D eigenvalue weighted by atomic mass is 14.7. The van der Waals surface area contributed by atoms with Crippen molar-refractivity contribution in [1.82, 2.24) is 0 Å². The van der Waals surface area contributed by atoms with Crippen LogP contribution in [0.5, 0.6) is 0 Å². The topological polar surface area (TPSA) is 12.4 Å². The van der Waals surface area contributed by atoms with Crippen LogP contribution in [0.4, 0.5) is 0 Å². The largest absolute Gasteiger partial charge is 0.210 e. The molecule has 0 aromatic rings. The third-order valence-corrected chi connectivity index (χ3v) is 1.49. The van der Waals surface area contributed by atoms with E-state index in [0.29, 0.717) is 0 Å². The summed E-state index contributed by atoms with van der Waals surface area (Å²) in [6.45, 7) is 6.43. The number of hydrogen-bond donors (Lipinski definition) is 0. The number of hydrogen-bond acceptors (Lipinski definition) is 1. The zero-order valence-corrected chi connectivity index (χ0v) is 7.26. The minimum absolute atomic E-state index is 0.121. The molecule has 0 amide bonds. The van der Waals surface area contributed by atoms with E-state index < -0.39 is 0 Å². The van der Waals surface area contributed by atoms with Crippen LogP contribution in [-0.2, 0) is 0 Å². The Morgan fingerprint density at radius 1 is 1.27 bits per heavy atom. The van der Waals surface area contributed by atoms with Crippen molar-refractivity contribution < 1.29 is 0 Å². The number of aliphatic imine (C=N–C) groups is 1. The molecule has 0 spiro atoms. The number of nitrogens with zero attached hydrogens (tertiary/aromatic N) is 1. The van der Waals surface area contributed by atoms with Gasteiger partial charge in [0.1, 0.15) is 0 Å². The maximum absolute atomic E-state index is 4.19. The highest BCUT2D eigenvalue weighted by molar-refractivity contribution is 5.58. The van der Waals surface area contributed by atoms with Gasteiger partial charge in [0.05, 0.1) is 5.70 Å². The van der Waals surface area contributed by atoms with Crippen molar-refractivity contribution in [2.45, 2.75) is 20.8 Å². The molecule has 1 heterocycles. The second-order valence-corrected chi connectivity index (χ2v) is 3.59. The lowest BCUT2D eigenvalue weighted by atomic mass is 9.92. The van der Waals surface area contributed by atoms with Gasteiger partial charge in [0.2, 0.25) is 0 Å². The summed E-state index contributed by atoms with van der Waals surface area (Å²) in [5.74, 6) is 2.85. The van der Waals surface area contributed by atoms with Gasteiger partial charge in [-0.25, -0.2) is 4.99 Å². The molecule has 0 atom stereocenters. The third-order valence-electron chi connectivity index (χ3n) is 1.49. The van der Waals surface area contributed by atoms with Gasteiger partial charge in [-0.1, -0.05) is 32.9 Å². The molecule has 0 aromatic heterocycles. The van der Waals surface area contributed by atoms with Crippen LogP contribution in [0.15, 0.2) is 35.0 Å². The van der Waals surface area contributed by atoms with E-state index in [0.717, 1.165) is 5.70 Å². The van der Waals surface area contributed by atoms with Gasteiger partial charge in [-0.3, -0.25) is 0 Å². The van der Waals surface area contributed by atoms with E-state index in [2.05, 4.69) is 31.6 Å². The Labute approximate surface area is 67.8 Å². The number of allylic oxidation sites excluding steroid dienone is 5. The van der Waals surface area contributed by atoms with Crippen molar-refractivity contribution in [1.29, 1.82) is 0 Å². The summed E-state index contributed by atoms with van der Waals surface area (Å²) < 4.78 is 0. The lowest BCUT2D eigenvalue weighted by Gasteiger charge is -2.17. The van der Waals surface area contributed by atoms with Crippen molar-refractivity contribution in [2.75, 3.05) is 0 Å². The van der Waals surface area contributed by atoms with Crippen molar-refractivity contribution in [3.8, 4) is 0 Å². The fraction of sp³-hybridized carbons (Fsp3) is 0.400. The summed E-state index contributed by atoms with van der Waals surface area (Å²) in [5, 5.41) is 0. The van der Waals surface area contributed by atoms with Gasteiger partial charge >= 0.3 is 0 Å². The summed E-state index contributed by atoms with van der Waals surface area (Å²) in [6, 6.07) is 0. The molecule has 0 aromatic carbocycles. The summed E-state index contributed by atoms with van der Waals surface area (Å²) in [4.78, 5) is 4.19. The van der Waals surface area contributed by atoms with E-state index in [1.807, 2.05) is 24.3 Å². The van der Waals surface area contributed by atoms with E-state index in [1.54, 1.807) is 0 Å². The van der Waals surface area contributed by atoms with Gasteiger partial charge in [-0.15, -0.1) is 0 Å². The van der Waals surface area contributed by atoms with Gasteiger partial charge < -0.3 is 0 Å². The van der Waals surface area contributed by atoms with Gasteiger partial charge in [0, 0.05) is 5.41 Å². The quantitative estimate of drug-likeness (QED) is 0.499. The number of rotatable bonds is 0. The van der Waals surface area contributed by atoms with Crippen molar-refractivity contribution in [2.24, 2.45) is 10.4 Å². The minimum Gasteiger partial charge on any atom is -0.210 e. The van der Waals surface area contributed by atoms with Gasteiger partial charge in [-0.2, -0.15) is 0 Å². The van der Waals surface area contributed by atoms with E-state index in [1.165, 1.54) is 0 Å². The molecule has 1 nitrogen and oxygen atoms in total. The first-order valence-corrected chi connectivity index (χ1v) is 3.77. The van der Waals surface area contributed by atoms with Crippen LogP contribution in [0.25, 0.3) is 0 Å². The van der Waals surface area contributed by atoms with Crippen molar-refractivity contribution in [3.05, 3.63) is 30.0 Å². The Bertz CT molecular complexity index is 255. The average Bonchev–Trinajstić information content (AvgIpc) is 2.10. The predicted octanol–water partition coefficient (Wildman–Crippen LogP) is 2.71. The average molecular weight is 147 g/mol. The lowest BCUT2D eigenvalue weighted by Crippen LogP contribution is -2.06. The minimum atomic E-state index is 0.121.